The van der Waals surface area contributed by atoms with Crippen LogP contribution in [-0.2, 0) is 19.2 Å². The van der Waals surface area contributed by atoms with E-state index in [0.29, 0.717) is 25.4 Å². The number of carbonyl (C=O) groups is 2. The van der Waals surface area contributed by atoms with E-state index in [2.05, 4.69) is 34.3 Å². The maximum absolute atomic E-state index is 13.2. The number of allylic oxidation sites excluding steroid dienone is 6. The molecule has 5 aliphatic carbocycles. The van der Waals surface area contributed by atoms with Crippen molar-refractivity contribution in [3.05, 3.63) is 36.0 Å². The van der Waals surface area contributed by atoms with Gasteiger partial charge in [-0.3, -0.25) is 9.59 Å². The maximum atomic E-state index is 13.2. The summed E-state index contributed by atoms with van der Waals surface area (Å²) in [6.45, 7) is 0.970. The van der Waals surface area contributed by atoms with Gasteiger partial charge in [0.05, 0.1) is 18.5 Å². The predicted molar refractivity (Wildman–Crippen MR) is 139 cm³/mol. The number of rotatable bonds is 12. The number of unbranched alkanes of at least 4 members (excludes halogenated alkanes) is 2. The van der Waals surface area contributed by atoms with Crippen LogP contribution in [0.25, 0.3) is 0 Å². The highest BCUT2D eigenvalue weighted by atomic mass is 16.4. The first-order chi connectivity index (χ1) is 18.4. The largest absolute Gasteiger partial charge is 0.481 e. The molecule has 0 heterocycles. The highest BCUT2D eigenvalue weighted by molar-refractivity contribution is 6.00. The summed E-state index contributed by atoms with van der Waals surface area (Å²) in [5, 5.41) is 21.4. The molecule has 0 aliphatic heterocycles. The molecule has 2 N–H and O–H groups in total. The van der Waals surface area contributed by atoms with Crippen LogP contribution < -0.4 is 0 Å². The Bertz CT molecular complexity index is 1190. The lowest BCUT2D eigenvalue weighted by molar-refractivity contribution is -0.155. The van der Waals surface area contributed by atoms with Gasteiger partial charge in [-0.2, -0.15) is 0 Å². The normalized spacial score (nSPS) is 39.4. The Morgan fingerprint density at radius 1 is 0.868 bits per heavy atom. The van der Waals surface area contributed by atoms with E-state index in [-0.39, 0.29) is 23.7 Å². The molecule has 7 unspecified atom stereocenters. The molecular formula is C30H36N2O6. The van der Waals surface area contributed by atoms with Gasteiger partial charge < -0.3 is 10.2 Å². The summed E-state index contributed by atoms with van der Waals surface area (Å²) in [6.07, 6.45) is 22.6. The zero-order valence-electron chi connectivity index (χ0n) is 21.7. The van der Waals surface area contributed by atoms with Crippen LogP contribution >= 0.6 is 0 Å². The van der Waals surface area contributed by atoms with Crippen molar-refractivity contribution in [2.75, 3.05) is 13.1 Å². The highest BCUT2D eigenvalue weighted by Crippen LogP contribution is 2.95. The Kier molecular flexibility index (Phi) is 6.91. The van der Waals surface area contributed by atoms with Crippen molar-refractivity contribution in [1.82, 2.24) is 0 Å². The van der Waals surface area contributed by atoms with E-state index in [0.717, 1.165) is 63.4 Å². The summed E-state index contributed by atoms with van der Waals surface area (Å²) in [5.41, 5.74) is -2.67. The molecule has 0 aromatic rings. The molecule has 0 amide bonds. The topological polar surface area (TPSA) is 133 Å². The third-order valence-electron chi connectivity index (χ3n) is 10.6. The molecule has 202 valence electrons. The minimum atomic E-state index is -1.31. The molecule has 38 heavy (non-hydrogen) atoms. The molecule has 0 aromatic carbocycles. The third kappa shape index (κ3) is 3.50. The molecule has 0 saturated heterocycles. The molecule has 5 rings (SSSR count). The van der Waals surface area contributed by atoms with Crippen molar-refractivity contribution >= 4 is 24.1 Å². The number of carboxylic acids is 2. The van der Waals surface area contributed by atoms with Crippen LogP contribution in [-0.4, -0.2) is 47.4 Å². The lowest BCUT2D eigenvalue weighted by Gasteiger charge is -2.29. The van der Waals surface area contributed by atoms with E-state index < -0.39 is 28.2 Å². The summed E-state index contributed by atoms with van der Waals surface area (Å²) in [5.74, 6) is -1.52. The molecule has 0 bridgehead atoms. The molecule has 8 nitrogen and oxygen atoms in total. The molecule has 5 aliphatic rings. The van der Waals surface area contributed by atoms with E-state index in [1.807, 2.05) is 6.08 Å². The second kappa shape index (κ2) is 9.91. The molecule has 2 spiro atoms. The molecule has 7 atom stereocenters. The van der Waals surface area contributed by atoms with Crippen LogP contribution in [0.3, 0.4) is 0 Å². The van der Waals surface area contributed by atoms with Crippen LogP contribution in [0, 0.1) is 39.4 Å². The van der Waals surface area contributed by atoms with Gasteiger partial charge in [0.2, 0.25) is 12.2 Å². The molecule has 8 heteroatoms. The summed E-state index contributed by atoms with van der Waals surface area (Å²) in [6, 6.07) is 0. The fourth-order valence-electron chi connectivity index (χ4n) is 8.89. The van der Waals surface area contributed by atoms with E-state index >= 15 is 0 Å². The number of carbonyl (C=O) groups excluding carboxylic acids is 2. The summed E-state index contributed by atoms with van der Waals surface area (Å²) < 4.78 is 0. The Morgan fingerprint density at radius 2 is 1.47 bits per heavy atom. The smallest absolute Gasteiger partial charge is 0.312 e. The van der Waals surface area contributed by atoms with Crippen molar-refractivity contribution in [2.24, 2.45) is 49.4 Å². The lowest BCUT2D eigenvalue weighted by Crippen LogP contribution is -2.34. The molecule has 0 radical (unpaired) electrons. The first kappa shape index (κ1) is 26.5. The molecule has 2 fully saturated rings. The number of aliphatic carboxylic acids is 2. The van der Waals surface area contributed by atoms with E-state index in [9.17, 15) is 29.4 Å². The number of carboxylic acid groups (broad SMARTS) is 2. The summed E-state index contributed by atoms with van der Waals surface area (Å²) >= 11 is 0. The number of isocyanates is 2. The van der Waals surface area contributed by atoms with Crippen molar-refractivity contribution in [3.63, 3.8) is 0 Å². The van der Waals surface area contributed by atoms with E-state index in [1.54, 1.807) is 12.2 Å². The van der Waals surface area contributed by atoms with Gasteiger partial charge in [0.25, 0.3) is 0 Å². The standard InChI is InChI=1S/C30H36N2O6/c33-19-31-17-3-1-5-21-7-12-27(13-8-21)23-11-16-29(25(35)36)28(30(29,24(23)27)26(37)38)14-9-22(10-15-28)6-2-4-18-32-20-34/h7,9,11-12,14,21-22,24H,1-6,8,10,13,15-18H2,(H,35,36)(H,37,38). The zero-order chi connectivity index (χ0) is 27.0. The molecular weight excluding hydrogens is 484 g/mol. The van der Waals surface area contributed by atoms with Crippen LogP contribution in [0.2, 0.25) is 0 Å². The quantitative estimate of drug-likeness (QED) is 0.161. The lowest BCUT2D eigenvalue weighted by atomic mass is 9.74. The number of fused-ring (bicyclic) bond motifs is 7. The van der Waals surface area contributed by atoms with Crippen molar-refractivity contribution in [1.29, 1.82) is 0 Å². The number of hydrogen-bond donors (Lipinski definition) is 2. The first-order valence-electron chi connectivity index (χ1n) is 14.0. The van der Waals surface area contributed by atoms with E-state index in [4.69, 9.17) is 0 Å². The minimum absolute atomic E-state index is 0.265. The second-order valence-electron chi connectivity index (χ2n) is 11.9. The van der Waals surface area contributed by atoms with Crippen LogP contribution in [0.15, 0.2) is 45.9 Å². The maximum Gasteiger partial charge on any atom is 0.312 e. The van der Waals surface area contributed by atoms with Crippen molar-refractivity contribution < 1.29 is 29.4 Å². The van der Waals surface area contributed by atoms with Gasteiger partial charge in [-0.15, -0.1) is 0 Å². The van der Waals surface area contributed by atoms with Gasteiger partial charge >= 0.3 is 11.9 Å². The van der Waals surface area contributed by atoms with Gasteiger partial charge in [-0.1, -0.05) is 48.8 Å². The second-order valence-corrected chi connectivity index (χ2v) is 11.9. The van der Waals surface area contributed by atoms with Gasteiger partial charge in [-0.05, 0) is 69.6 Å². The van der Waals surface area contributed by atoms with Gasteiger partial charge in [-0.25, -0.2) is 19.6 Å². The predicted octanol–water partition coefficient (Wildman–Crippen LogP) is 5.02. The average Bonchev–Trinajstić information content (AvgIpc) is 3.73. The first-order valence-corrected chi connectivity index (χ1v) is 14.0. The van der Waals surface area contributed by atoms with Crippen LogP contribution in [0.1, 0.15) is 70.6 Å². The number of hydrogen-bond acceptors (Lipinski definition) is 6. The Balaban J connectivity index is 1.35. The Morgan fingerprint density at radius 3 is 1.95 bits per heavy atom. The van der Waals surface area contributed by atoms with Gasteiger partial charge in [0, 0.05) is 16.7 Å². The Labute approximate surface area is 222 Å². The fourth-order valence-corrected chi connectivity index (χ4v) is 8.89. The van der Waals surface area contributed by atoms with Crippen molar-refractivity contribution in [3.8, 4) is 0 Å². The molecule has 0 aromatic heterocycles. The summed E-state index contributed by atoms with van der Waals surface area (Å²) in [4.78, 5) is 53.8. The highest BCUT2D eigenvalue weighted by Gasteiger charge is 2.99. The van der Waals surface area contributed by atoms with E-state index in [1.165, 1.54) is 0 Å². The number of aliphatic imine (C=N–C) groups is 2. The molecule has 2 saturated carbocycles. The van der Waals surface area contributed by atoms with Crippen LogP contribution in [0.4, 0.5) is 0 Å². The van der Waals surface area contributed by atoms with Crippen molar-refractivity contribution in [2.45, 2.75) is 70.6 Å². The third-order valence-corrected chi connectivity index (χ3v) is 10.6. The van der Waals surface area contributed by atoms with Crippen LogP contribution in [0.5, 0.6) is 0 Å². The summed E-state index contributed by atoms with van der Waals surface area (Å²) in [7, 11) is 0. The van der Waals surface area contributed by atoms with Gasteiger partial charge in [0.1, 0.15) is 5.41 Å². The van der Waals surface area contributed by atoms with Gasteiger partial charge in [0.15, 0.2) is 0 Å². The SMILES string of the molecule is O=C=NCCCCC1C=CC2(CC1)C1=CCC3(C(=O)O)C4(C=CC(CCCCN=C=O)CC4)C3(C(=O)O)C12. The minimum Gasteiger partial charge on any atom is -0.481 e. The zero-order valence-corrected chi connectivity index (χ0v) is 21.7. The average molecular weight is 521 g/mol. The Hall–Kier alpha value is -3.08. The fraction of sp³-hybridized carbons (Fsp3) is 0.667. The number of nitrogens with zero attached hydrogens (tertiary/aromatic N) is 2. The monoisotopic (exact) mass is 520 g/mol.